The molecule has 2 bridgehead atoms. The number of non-ortho nitro benzene ring substituents is 1. The normalized spacial score (nSPS) is 21.8. The van der Waals surface area contributed by atoms with Gasteiger partial charge in [-0.25, -0.2) is 0 Å². The molecule has 11 heteroatoms. The van der Waals surface area contributed by atoms with Gasteiger partial charge in [0, 0.05) is 55.0 Å². The highest BCUT2D eigenvalue weighted by Gasteiger charge is 2.44. The summed E-state index contributed by atoms with van der Waals surface area (Å²) < 4.78 is -0.0411. The smallest absolute Gasteiger partial charge is 0.270 e. The summed E-state index contributed by atoms with van der Waals surface area (Å²) in [4.78, 5) is 37.4. The number of halogens is 3. The van der Waals surface area contributed by atoms with Gasteiger partial charge in [0.2, 0.25) is 3.79 Å². The van der Waals surface area contributed by atoms with Crippen LogP contribution in [0.25, 0.3) is 0 Å². The van der Waals surface area contributed by atoms with Gasteiger partial charge in [0.1, 0.15) is 6.17 Å². The van der Waals surface area contributed by atoms with Crippen LogP contribution in [-0.2, 0) is 6.54 Å². The second-order valence-corrected chi connectivity index (χ2v) is 10.2. The number of amides is 1. The summed E-state index contributed by atoms with van der Waals surface area (Å²) in [6.45, 7) is 1.59. The molecule has 31 heavy (non-hydrogen) atoms. The monoisotopic (exact) mass is 484 g/mol. The number of likely N-dealkylation sites (tertiary alicyclic amines) is 1. The number of hydrogen-bond acceptors (Lipinski definition) is 5. The Bertz CT molecular complexity index is 1080. The average Bonchev–Trinajstić information content (AvgIpc) is 2.71. The zero-order valence-electron chi connectivity index (χ0n) is 16.2. The highest BCUT2D eigenvalue weighted by molar-refractivity contribution is 6.68. The first-order valence-corrected chi connectivity index (χ1v) is 10.8. The highest BCUT2D eigenvalue weighted by Crippen LogP contribution is 2.40. The Morgan fingerprint density at radius 1 is 1.16 bits per heavy atom. The summed E-state index contributed by atoms with van der Waals surface area (Å²) in [7, 11) is 0. The molecule has 2 aliphatic rings. The van der Waals surface area contributed by atoms with Gasteiger partial charge < -0.3 is 9.88 Å². The van der Waals surface area contributed by atoms with E-state index in [9.17, 15) is 19.7 Å². The minimum absolute atomic E-state index is 0.0300. The number of nitro groups is 1. The third kappa shape index (κ3) is 4.57. The van der Waals surface area contributed by atoms with Gasteiger partial charge in [-0.2, -0.15) is 0 Å². The largest absolute Gasteiger partial charge is 0.332 e. The third-order valence-electron chi connectivity index (χ3n) is 5.77. The zero-order chi connectivity index (χ0) is 22.3. The van der Waals surface area contributed by atoms with Gasteiger partial charge in [-0.3, -0.25) is 24.6 Å². The van der Waals surface area contributed by atoms with Crippen LogP contribution in [0.2, 0.25) is 0 Å². The van der Waals surface area contributed by atoms with Gasteiger partial charge in [-0.15, -0.1) is 0 Å². The molecule has 2 aromatic rings. The Morgan fingerprint density at radius 3 is 2.61 bits per heavy atom. The highest BCUT2D eigenvalue weighted by atomic mass is 35.6. The van der Waals surface area contributed by atoms with Gasteiger partial charge in [0.15, 0.2) is 0 Å². The number of pyridine rings is 1. The number of aromatic nitrogens is 1. The SMILES string of the molecule is O=C(NC(N1C[C@@H]2C[C@H](C1)c1cccc(=O)n1C2)C(Cl)(Cl)Cl)c1cccc([N+](=O)[O-])c1. The molecule has 1 fully saturated rings. The summed E-state index contributed by atoms with van der Waals surface area (Å²) in [5.41, 5.74) is 0.800. The van der Waals surface area contributed by atoms with E-state index in [2.05, 4.69) is 5.32 Å². The van der Waals surface area contributed by atoms with Crippen molar-refractivity contribution in [1.29, 1.82) is 0 Å². The van der Waals surface area contributed by atoms with Gasteiger partial charge in [0.25, 0.3) is 17.2 Å². The van der Waals surface area contributed by atoms with Crippen LogP contribution < -0.4 is 10.9 Å². The first-order chi connectivity index (χ1) is 14.6. The molecule has 1 unspecified atom stereocenters. The van der Waals surface area contributed by atoms with E-state index in [1.54, 1.807) is 16.7 Å². The van der Waals surface area contributed by atoms with E-state index in [1.807, 2.05) is 11.0 Å². The van der Waals surface area contributed by atoms with Crippen molar-refractivity contribution in [2.45, 2.75) is 28.8 Å². The predicted molar refractivity (Wildman–Crippen MR) is 118 cm³/mol. The fraction of sp³-hybridized carbons (Fsp3) is 0.400. The number of nitrogens with one attached hydrogen (secondary N) is 1. The van der Waals surface area contributed by atoms with Gasteiger partial charge in [-0.05, 0) is 24.5 Å². The molecule has 8 nitrogen and oxygen atoms in total. The van der Waals surface area contributed by atoms with Crippen LogP contribution in [0.15, 0.2) is 47.3 Å². The zero-order valence-corrected chi connectivity index (χ0v) is 18.5. The minimum Gasteiger partial charge on any atom is -0.332 e. The number of hydrogen-bond donors (Lipinski definition) is 1. The maximum Gasteiger partial charge on any atom is 0.270 e. The molecule has 1 amide bonds. The third-order valence-corrected chi connectivity index (χ3v) is 6.39. The molecule has 2 aliphatic heterocycles. The van der Waals surface area contributed by atoms with Gasteiger partial charge >= 0.3 is 0 Å². The molecule has 0 aliphatic carbocycles. The molecule has 164 valence electrons. The van der Waals surface area contributed by atoms with Crippen molar-refractivity contribution in [3.05, 3.63) is 74.2 Å². The Hall–Kier alpha value is -2.13. The van der Waals surface area contributed by atoms with Crippen molar-refractivity contribution in [3.63, 3.8) is 0 Å². The van der Waals surface area contributed by atoms with Crippen LogP contribution in [0.5, 0.6) is 0 Å². The van der Waals surface area contributed by atoms with E-state index in [-0.39, 0.29) is 28.6 Å². The fourth-order valence-corrected chi connectivity index (χ4v) is 5.07. The van der Waals surface area contributed by atoms with Crippen LogP contribution in [0.4, 0.5) is 5.69 Å². The van der Waals surface area contributed by atoms with Crippen molar-refractivity contribution in [3.8, 4) is 0 Å². The number of rotatable bonds is 4. The lowest BCUT2D eigenvalue weighted by atomic mass is 9.83. The number of fused-ring (bicyclic) bond motifs is 4. The Morgan fingerprint density at radius 2 is 1.90 bits per heavy atom. The molecule has 1 aromatic carbocycles. The number of nitrogens with zero attached hydrogens (tertiary/aromatic N) is 3. The fourth-order valence-electron chi connectivity index (χ4n) is 4.49. The number of carbonyl (C=O) groups is 1. The van der Waals surface area contributed by atoms with Crippen LogP contribution >= 0.6 is 34.8 Å². The van der Waals surface area contributed by atoms with E-state index in [1.165, 1.54) is 24.3 Å². The quantitative estimate of drug-likeness (QED) is 0.407. The molecule has 0 spiro atoms. The minimum atomic E-state index is -1.83. The molecule has 1 saturated heterocycles. The molecule has 3 heterocycles. The number of benzene rings is 1. The van der Waals surface area contributed by atoms with Crippen molar-refractivity contribution >= 4 is 46.4 Å². The molecule has 1 aromatic heterocycles. The van der Waals surface area contributed by atoms with Crippen LogP contribution in [0.3, 0.4) is 0 Å². The van der Waals surface area contributed by atoms with E-state index in [4.69, 9.17) is 34.8 Å². The van der Waals surface area contributed by atoms with Crippen LogP contribution in [0.1, 0.15) is 28.4 Å². The standard InChI is InChI=1S/C20H19Cl3N4O4/c21-20(22,23)19(24-18(29)13-3-1-4-15(8-13)27(30)31)25-9-12-7-14(11-25)16-5-2-6-17(28)26(16)10-12/h1-6,8,12,14,19H,7,9-11H2,(H,24,29)/t12-,14+,19?/m0/s1. The first-order valence-electron chi connectivity index (χ1n) is 9.69. The van der Waals surface area contributed by atoms with E-state index < -0.39 is 20.8 Å². The number of piperidine rings is 1. The molecule has 3 atom stereocenters. The summed E-state index contributed by atoms with van der Waals surface area (Å²) in [5.74, 6) is -0.353. The summed E-state index contributed by atoms with van der Waals surface area (Å²) >= 11 is 18.7. The average molecular weight is 486 g/mol. The number of alkyl halides is 3. The second kappa shape index (κ2) is 8.43. The lowest BCUT2D eigenvalue weighted by Crippen LogP contribution is -2.60. The lowest BCUT2D eigenvalue weighted by Gasteiger charge is -2.47. The lowest BCUT2D eigenvalue weighted by molar-refractivity contribution is -0.384. The number of nitro benzene ring substituents is 1. The van der Waals surface area contributed by atoms with Gasteiger partial charge in [-0.1, -0.05) is 46.9 Å². The van der Waals surface area contributed by atoms with Crippen molar-refractivity contribution < 1.29 is 9.72 Å². The first kappa shape index (κ1) is 22.1. The van der Waals surface area contributed by atoms with E-state index >= 15 is 0 Å². The Balaban J connectivity index is 1.58. The van der Waals surface area contributed by atoms with Crippen molar-refractivity contribution in [2.24, 2.45) is 5.92 Å². The summed E-state index contributed by atoms with van der Waals surface area (Å²) in [6.07, 6.45) is -0.0396. The maximum absolute atomic E-state index is 12.8. The predicted octanol–water partition coefficient (Wildman–Crippen LogP) is 3.30. The maximum atomic E-state index is 12.8. The second-order valence-electron chi connectivity index (χ2n) is 7.88. The topological polar surface area (TPSA) is 97.5 Å². The Kier molecular flexibility index (Phi) is 6.00. The molecular weight excluding hydrogens is 467 g/mol. The van der Waals surface area contributed by atoms with E-state index in [0.29, 0.717) is 19.6 Å². The summed E-state index contributed by atoms with van der Waals surface area (Å²) in [5, 5.41) is 13.8. The molecule has 0 saturated carbocycles. The summed E-state index contributed by atoms with van der Waals surface area (Å²) in [6, 6.07) is 10.6. The van der Waals surface area contributed by atoms with Crippen molar-refractivity contribution in [2.75, 3.05) is 13.1 Å². The number of carbonyl (C=O) groups excluding carboxylic acids is 1. The molecular formula is C20H19Cl3N4O4. The van der Waals surface area contributed by atoms with E-state index in [0.717, 1.165) is 12.1 Å². The van der Waals surface area contributed by atoms with Crippen LogP contribution in [0, 0.1) is 16.0 Å². The molecule has 0 radical (unpaired) electrons. The molecule has 4 rings (SSSR count). The van der Waals surface area contributed by atoms with Crippen molar-refractivity contribution in [1.82, 2.24) is 14.8 Å². The molecule has 1 N–H and O–H groups in total. The van der Waals surface area contributed by atoms with Gasteiger partial charge in [0.05, 0.1) is 4.92 Å². The van der Waals surface area contributed by atoms with Crippen LogP contribution in [-0.4, -0.2) is 43.3 Å². The Labute approximate surface area is 192 Å².